The fourth-order valence-corrected chi connectivity index (χ4v) is 2.13. The molecule has 0 bridgehead atoms. The summed E-state index contributed by atoms with van der Waals surface area (Å²) in [5.41, 5.74) is 0.911. The van der Waals surface area contributed by atoms with Gasteiger partial charge in [0.05, 0.1) is 19.2 Å². The third-order valence-electron chi connectivity index (χ3n) is 3.18. The van der Waals surface area contributed by atoms with Crippen LogP contribution in [0.3, 0.4) is 0 Å². The summed E-state index contributed by atoms with van der Waals surface area (Å²) in [7, 11) is 2.86. The second-order valence-electron chi connectivity index (χ2n) is 4.63. The van der Waals surface area contributed by atoms with Gasteiger partial charge in [-0.2, -0.15) is 0 Å². The highest BCUT2D eigenvalue weighted by Gasteiger charge is 2.09. The van der Waals surface area contributed by atoms with Crippen LogP contribution in [0.15, 0.2) is 36.4 Å². The fourth-order valence-electron chi connectivity index (χ4n) is 1.96. The Balaban J connectivity index is 2.30. The molecule has 0 aromatic heterocycles. The Morgan fingerprint density at radius 1 is 1.04 bits per heavy atom. The molecule has 120 valence electrons. The molecular weight excluding hydrogens is 320 g/mol. The largest absolute Gasteiger partial charge is 0.506 e. The molecule has 2 N–H and O–H groups in total. The zero-order valence-corrected chi connectivity index (χ0v) is 13.3. The van der Waals surface area contributed by atoms with Crippen LogP contribution < -0.4 is 9.47 Å². The van der Waals surface area contributed by atoms with Crippen LogP contribution in [0.1, 0.15) is 15.9 Å². The average molecular weight is 335 g/mol. The normalized spacial score (nSPS) is 10.7. The highest BCUT2D eigenvalue weighted by Crippen LogP contribution is 2.32. The molecule has 0 aliphatic carbocycles. The Labute approximate surface area is 138 Å². The van der Waals surface area contributed by atoms with Gasteiger partial charge < -0.3 is 19.7 Å². The van der Waals surface area contributed by atoms with Crippen molar-refractivity contribution in [1.82, 2.24) is 0 Å². The van der Waals surface area contributed by atoms with Crippen LogP contribution >= 0.6 is 11.6 Å². The number of ether oxygens (including phenoxy) is 2. The summed E-state index contributed by atoms with van der Waals surface area (Å²) in [5.74, 6) is 0.179. The Kier molecular flexibility index (Phi) is 5.13. The second-order valence-corrected chi connectivity index (χ2v) is 5.04. The summed E-state index contributed by atoms with van der Waals surface area (Å²) in [6.45, 7) is 0. The first-order chi connectivity index (χ1) is 11.0. The molecule has 0 saturated carbocycles. The van der Waals surface area contributed by atoms with E-state index in [1.807, 2.05) is 0 Å². The number of halogens is 1. The summed E-state index contributed by atoms with van der Waals surface area (Å²) in [6.07, 6.45) is 2.88. The molecule has 5 nitrogen and oxygen atoms in total. The Hall–Kier alpha value is -2.66. The van der Waals surface area contributed by atoms with E-state index in [2.05, 4.69) is 0 Å². The first-order valence-electron chi connectivity index (χ1n) is 6.62. The maximum Gasteiger partial charge on any atom is 0.185 e. The van der Waals surface area contributed by atoms with Gasteiger partial charge in [-0.25, -0.2) is 0 Å². The lowest BCUT2D eigenvalue weighted by atomic mass is 10.1. The minimum absolute atomic E-state index is 0.0417. The zero-order valence-electron chi connectivity index (χ0n) is 12.5. The lowest BCUT2D eigenvalue weighted by molar-refractivity contribution is 0.104. The van der Waals surface area contributed by atoms with E-state index >= 15 is 0 Å². The number of rotatable bonds is 5. The number of phenolic OH excluding ortho intramolecular Hbond substituents is 2. The van der Waals surface area contributed by atoms with Gasteiger partial charge in [0, 0.05) is 17.2 Å². The molecule has 0 aliphatic rings. The van der Waals surface area contributed by atoms with Crippen molar-refractivity contribution in [2.45, 2.75) is 0 Å². The van der Waals surface area contributed by atoms with Gasteiger partial charge in [-0.05, 0) is 36.4 Å². The number of hydrogen-bond acceptors (Lipinski definition) is 5. The maximum absolute atomic E-state index is 12.2. The molecule has 0 spiro atoms. The second kappa shape index (κ2) is 7.07. The van der Waals surface area contributed by atoms with Gasteiger partial charge in [0.1, 0.15) is 11.5 Å². The van der Waals surface area contributed by atoms with Crippen molar-refractivity contribution >= 4 is 23.5 Å². The van der Waals surface area contributed by atoms with Crippen molar-refractivity contribution in [2.75, 3.05) is 14.2 Å². The molecule has 0 saturated heterocycles. The monoisotopic (exact) mass is 334 g/mol. The summed E-state index contributed by atoms with van der Waals surface area (Å²) in [4.78, 5) is 12.2. The highest BCUT2D eigenvalue weighted by molar-refractivity contribution is 6.32. The number of benzene rings is 2. The highest BCUT2D eigenvalue weighted by atomic mass is 35.5. The number of carbonyl (C=O) groups excluding carboxylic acids is 1. The molecule has 23 heavy (non-hydrogen) atoms. The third kappa shape index (κ3) is 3.76. The van der Waals surface area contributed by atoms with Crippen molar-refractivity contribution < 1.29 is 24.5 Å². The topological polar surface area (TPSA) is 76.0 Å². The Bertz CT molecular complexity index is 768. The number of aromatic hydroxyl groups is 2. The molecule has 0 aliphatic heterocycles. The summed E-state index contributed by atoms with van der Waals surface area (Å²) in [6, 6.07) is 7.19. The van der Waals surface area contributed by atoms with Crippen LogP contribution in [-0.4, -0.2) is 30.2 Å². The molecule has 0 atom stereocenters. The lowest BCUT2D eigenvalue weighted by Gasteiger charge is -2.07. The van der Waals surface area contributed by atoms with Gasteiger partial charge in [-0.1, -0.05) is 11.6 Å². The summed E-state index contributed by atoms with van der Waals surface area (Å²) in [5, 5.41) is 19.3. The lowest BCUT2D eigenvalue weighted by Crippen LogP contribution is -1.96. The molecule has 0 unspecified atom stereocenters. The predicted octanol–water partition coefficient (Wildman–Crippen LogP) is 3.66. The molecule has 2 rings (SSSR count). The molecule has 0 radical (unpaired) electrons. The predicted molar refractivity (Wildman–Crippen MR) is 87.7 cm³/mol. The van der Waals surface area contributed by atoms with E-state index in [1.165, 1.54) is 56.7 Å². The van der Waals surface area contributed by atoms with Crippen molar-refractivity contribution in [3.8, 4) is 23.0 Å². The number of ketones is 1. The minimum Gasteiger partial charge on any atom is -0.506 e. The van der Waals surface area contributed by atoms with E-state index in [0.717, 1.165) is 0 Å². The minimum atomic E-state index is -0.283. The number of allylic oxidation sites excluding steroid dienone is 1. The van der Waals surface area contributed by atoms with E-state index in [1.54, 1.807) is 0 Å². The number of phenols is 2. The van der Waals surface area contributed by atoms with Crippen LogP contribution in [0.4, 0.5) is 0 Å². The van der Waals surface area contributed by atoms with Gasteiger partial charge >= 0.3 is 0 Å². The average Bonchev–Trinajstić information content (AvgIpc) is 2.55. The van der Waals surface area contributed by atoms with Crippen LogP contribution in [-0.2, 0) is 0 Å². The SMILES string of the molecule is COc1cc(C(=O)/C=C/c2cc(Cl)c(O)cc2OC)ccc1O. The van der Waals surface area contributed by atoms with E-state index in [0.29, 0.717) is 16.9 Å². The quantitative estimate of drug-likeness (QED) is 0.644. The van der Waals surface area contributed by atoms with E-state index in [9.17, 15) is 15.0 Å². The molecule has 2 aromatic rings. The van der Waals surface area contributed by atoms with Gasteiger partial charge in [0.15, 0.2) is 17.3 Å². The van der Waals surface area contributed by atoms with Crippen molar-refractivity contribution in [2.24, 2.45) is 0 Å². The summed E-state index contributed by atoms with van der Waals surface area (Å²) >= 11 is 5.86. The molecule has 0 amide bonds. The molecular formula is C17H15ClO5. The Morgan fingerprint density at radius 3 is 2.39 bits per heavy atom. The van der Waals surface area contributed by atoms with Gasteiger partial charge in [-0.15, -0.1) is 0 Å². The van der Waals surface area contributed by atoms with Gasteiger partial charge in [0.25, 0.3) is 0 Å². The van der Waals surface area contributed by atoms with Gasteiger partial charge in [-0.3, -0.25) is 4.79 Å². The van der Waals surface area contributed by atoms with Crippen LogP contribution in [0.25, 0.3) is 6.08 Å². The van der Waals surface area contributed by atoms with E-state index < -0.39 is 0 Å². The van der Waals surface area contributed by atoms with Crippen molar-refractivity contribution in [1.29, 1.82) is 0 Å². The molecule has 6 heteroatoms. The van der Waals surface area contributed by atoms with Crippen LogP contribution in [0.5, 0.6) is 23.0 Å². The van der Waals surface area contributed by atoms with Crippen molar-refractivity contribution in [3.63, 3.8) is 0 Å². The first kappa shape index (κ1) is 16.7. The smallest absolute Gasteiger partial charge is 0.185 e. The van der Waals surface area contributed by atoms with E-state index in [-0.39, 0.29) is 28.1 Å². The van der Waals surface area contributed by atoms with Crippen molar-refractivity contribution in [3.05, 3.63) is 52.6 Å². The zero-order chi connectivity index (χ0) is 17.0. The molecule has 0 fully saturated rings. The number of carbonyl (C=O) groups is 1. The standard InChI is InChI=1S/C17H15ClO5/c1-22-16-9-15(21)12(18)7-11(16)4-5-13(19)10-3-6-14(20)17(8-10)23-2/h3-9,20-21H,1-2H3/b5-4+. The number of hydrogen-bond donors (Lipinski definition) is 2. The fraction of sp³-hybridized carbons (Fsp3) is 0.118. The molecule has 2 aromatic carbocycles. The van der Waals surface area contributed by atoms with Crippen LogP contribution in [0, 0.1) is 0 Å². The summed E-state index contributed by atoms with van der Waals surface area (Å²) < 4.78 is 10.1. The Morgan fingerprint density at radius 2 is 1.74 bits per heavy atom. The molecule has 0 heterocycles. The third-order valence-corrected chi connectivity index (χ3v) is 3.48. The van der Waals surface area contributed by atoms with Gasteiger partial charge in [0.2, 0.25) is 0 Å². The van der Waals surface area contributed by atoms with E-state index in [4.69, 9.17) is 21.1 Å². The maximum atomic E-state index is 12.2. The number of methoxy groups -OCH3 is 2. The first-order valence-corrected chi connectivity index (χ1v) is 7.00. The van der Waals surface area contributed by atoms with Crippen LogP contribution in [0.2, 0.25) is 5.02 Å².